The maximum absolute atomic E-state index is 14.2. The Morgan fingerprint density at radius 1 is 0.886 bits per heavy atom. The Kier molecular flexibility index (Phi) is 7.93. The summed E-state index contributed by atoms with van der Waals surface area (Å²) >= 11 is 0. The molecule has 4 aromatic rings. The number of amides is 4. The number of hydrogen-bond donors (Lipinski definition) is 2. The van der Waals surface area contributed by atoms with E-state index in [2.05, 4.69) is 18.0 Å². The molecule has 2 aliphatic rings. The number of phenols is 1. The van der Waals surface area contributed by atoms with E-state index in [1.807, 2.05) is 66.7 Å². The van der Waals surface area contributed by atoms with Crippen LogP contribution in [0.1, 0.15) is 23.6 Å². The molecule has 0 saturated carbocycles. The van der Waals surface area contributed by atoms with Crippen LogP contribution in [0.15, 0.2) is 109 Å². The van der Waals surface area contributed by atoms with Crippen molar-refractivity contribution in [1.82, 2.24) is 25.1 Å². The molecule has 2 aliphatic heterocycles. The average Bonchev–Trinajstić information content (AvgIpc) is 3.03. The number of carbonyl (C=O) groups excluding carboxylic acids is 3. The van der Waals surface area contributed by atoms with Crippen molar-refractivity contribution >= 4 is 28.6 Å². The molecule has 0 aromatic heterocycles. The molecule has 6 rings (SSSR count). The van der Waals surface area contributed by atoms with E-state index in [0.29, 0.717) is 18.8 Å². The number of nitrogens with zero attached hydrogens (tertiary/aromatic N) is 4. The second-order valence-corrected chi connectivity index (χ2v) is 11.4. The number of nitrogens with one attached hydrogen (secondary N) is 1. The third kappa shape index (κ3) is 5.81. The summed E-state index contributed by atoms with van der Waals surface area (Å²) in [7, 11) is 0. The molecule has 4 aromatic carbocycles. The predicted molar refractivity (Wildman–Crippen MR) is 168 cm³/mol. The smallest absolute Gasteiger partial charge is 0.338 e. The van der Waals surface area contributed by atoms with E-state index in [4.69, 9.17) is 0 Å². The highest BCUT2D eigenvalue weighted by molar-refractivity contribution is 5.92. The number of piperazine rings is 1. The lowest BCUT2D eigenvalue weighted by atomic mass is 9.98. The van der Waals surface area contributed by atoms with Crippen LogP contribution >= 0.6 is 0 Å². The Morgan fingerprint density at radius 3 is 2.30 bits per heavy atom. The highest BCUT2D eigenvalue weighted by atomic mass is 16.3. The first-order chi connectivity index (χ1) is 21.3. The molecule has 9 nitrogen and oxygen atoms in total. The minimum Gasteiger partial charge on any atom is -0.508 e. The van der Waals surface area contributed by atoms with Gasteiger partial charge in [-0.2, -0.15) is 0 Å². The van der Waals surface area contributed by atoms with Gasteiger partial charge in [0, 0.05) is 25.2 Å². The number of benzene rings is 4. The number of phenolic OH excluding ortho intramolecular Hbond substituents is 1. The normalized spacial score (nSPS) is 18.4. The fraction of sp³-hybridized carbons (Fsp3) is 0.229. The van der Waals surface area contributed by atoms with Crippen molar-refractivity contribution in [1.29, 1.82) is 0 Å². The summed E-state index contributed by atoms with van der Waals surface area (Å²) in [5.41, 5.74) is 3.23. The number of carbonyl (C=O) groups is 3. The fourth-order valence-corrected chi connectivity index (χ4v) is 6.05. The molecule has 2 saturated heterocycles. The van der Waals surface area contributed by atoms with Gasteiger partial charge in [-0.25, -0.2) is 9.80 Å². The molecule has 0 spiro atoms. The molecule has 0 radical (unpaired) electrons. The topological polar surface area (TPSA) is 96.4 Å². The van der Waals surface area contributed by atoms with Crippen LogP contribution in [0.5, 0.6) is 5.75 Å². The summed E-state index contributed by atoms with van der Waals surface area (Å²) in [6, 6.07) is 29.2. The summed E-state index contributed by atoms with van der Waals surface area (Å²) in [5.74, 6) is -0.330. The van der Waals surface area contributed by atoms with Gasteiger partial charge < -0.3 is 20.2 Å². The van der Waals surface area contributed by atoms with Gasteiger partial charge in [0.25, 0.3) is 0 Å². The van der Waals surface area contributed by atoms with Crippen molar-refractivity contribution in [2.45, 2.75) is 38.6 Å². The minimum atomic E-state index is -0.844. The van der Waals surface area contributed by atoms with E-state index in [-0.39, 0.29) is 43.1 Å². The van der Waals surface area contributed by atoms with Crippen LogP contribution in [-0.4, -0.2) is 68.1 Å². The van der Waals surface area contributed by atoms with E-state index < -0.39 is 12.2 Å². The summed E-state index contributed by atoms with van der Waals surface area (Å²) in [5, 5.41) is 18.1. The molecule has 0 bridgehead atoms. The number of urea groups is 1. The van der Waals surface area contributed by atoms with Gasteiger partial charge >= 0.3 is 6.03 Å². The highest BCUT2D eigenvalue weighted by Crippen LogP contribution is 2.31. The molecule has 44 heavy (non-hydrogen) atoms. The molecule has 4 amide bonds. The highest BCUT2D eigenvalue weighted by Gasteiger charge is 2.51. The molecular formula is C35H35N5O4. The number of hydrazine groups is 1. The maximum Gasteiger partial charge on any atom is 0.338 e. The Morgan fingerprint density at radius 2 is 1.57 bits per heavy atom. The van der Waals surface area contributed by atoms with Gasteiger partial charge in [-0.15, -0.1) is 0 Å². The van der Waals surface area contributed by atoms with Crippen LogP contribution < -0.4 is 5.32 Å². The van der Waals surface area contributed by atoms with Crippen LogP contribution in [0.25, 0.3) is 10.8 Å². The zero-order chi connectivity index (χ0) is 30.8. The van der Waals surface area contributed by atoms with E-state index in [1.54, 1.807) is 46.0 Å². The number of hydrogen-bond acceptors (Lipinski definition) is 5. The molecule has 224 valence electrons. The van der Waals surface area contributed by atoms with Crippen molar-refractivity contribution in [3.63, 3.8) is 0 Å². The van der Waals surface area contributed by atoms with Crippen molar-refractivity contribution in [3.05, 3.63) is 126 Å². The quantitative estimate of drug-likeness (QED) is 0.328. The lowest BCUT2D eigenvalue weighted by Crippen LogP contribution is -2.76. The Balaban J connectivity index is 1.36. The molecule has 2 atom stereocenters. The van der Waals surface area contributed by atoms with E-state index in [9.17, 15) is 19.5 Å². The third-order valence-electron chi connectivity index (χ3n) is 8.24. The molecule has 0 unspecified atom stereocenters. The number of rotatable bonds is 7. The van der Waals surface area contributed by atoms with Crippen LogP contribution in [0.4, 0.5) is 4.79 Å². The second-order valence-electron chi connectivity index (χ2n) is 11.4. The van der Waals surface area contributed by atoms with Gasteiger partial charge in [-0.1, -0.05) is 85.4 Å². The number of fused-ring (bicyclic) bond motifs is 2. The standard InChI is InChI=1S/C35H35N5O4/c1-24(2)38-23-33(42)39-31(19-25-13-16-30(41)17-14-25)34(43)37(21-27-12-15-28-10-6-7-11-29(28)18-27)22-32(39)40(38)35(44)36-20-26-8-4-3-5-9-26/h3-18,31-32,41H,1,19-23H2,2H3,(H,36,44)/t31-,32-/m0/s1. The molecule has 2 N–H and O–H groups in total. The minimum absolute atomic E-state index is 0.116. The van der Waals surface area contributed by atoms with Crippen molar-refractivity contribution < 1.29 is 19.5 Å². The summed E-state index contributed by atoms with van der Waals surface area (Å²) in [4.78, 5) is 45.2. The number of allylic oxidation sites excluding steroid dienone is 1. The van der Waals surface area contributed by atoms with E-state index in [0.717, 1.165) is 27.5 Å². The fourth-order valence-electron chi connectivity index (χ4n) is 6.05. The third-order valence-corrected chi connectivity index (χ3v) is 8.24. The molecule has 2 heterocycles. The number of aromatic hydroxyl groups is 1. The van der Waals surface area contributed by atoms with Gasteiger partial charge in [0.05, 0.1) is 6.54 Å². The zero-order valence-electron chi connectivity index (χ0n) is 24.6. The summed E-state index contributed by atoms with van der Waals surface area (Å²) in [6.45, 7) is 6.45. The SMILES string of the molecule is C=C(C)N1CC(=O)N2[C@@H](Cc3ccc(O)cc3)C(=O)N(Cc3ccc4ccccc4c3)C[C@@H]2N1C(=O)NCc1ccccc1. The monoisotopic (exact) mass is 589 g/mol. The lowest BCUT2D eigenvalue weighted by molar-refractivity contribution is -0.186. The van der Waals surface area contributed by atoms with Gasteiger partial charge in [-0.3, -0.25) is 14.6 Å². The molecule has 9 heteroatoms. The van der Waals surface area contributed by atoms with Gasteiger partial charge in [0.2, 0.25) is 11.8 Å². The first-order valence-corrected chi connectivity index (χ1v) is 14.7. The van der Waals surface area contributed by atoms with Crippen LogP contribution in [0, 0.1) is 0 Å². The summed E-state index contributed by atoms with van der Waals surface area (Å²) in [6.07, 6.45) is -0.522. The van der Waals surface area contributed by atoms with Gasteiger partial charge in [-0.05, 0) is 52.6 Å². The summed E-state index contributed by atoms with van der Waals surface area (Å²) < 4.78 is 0. The molecule has 2 fully saturated rings. The lowest BCUT2D eigenvalue weighted by Gasteiger charge is -2.55. The van der Waals surface area contributed by atoms with Gasteiger partial charge in [0.1, 0.15) is 24.5 Å². The largest absolute Gasteiger partial charge is 0.508 e. The Labute approximate surface area is 256 Å². The van der Waals surface area contributed by atoms with Crippen LogP contribution in [0.3, 0.4) is 0 Å². The van der Waals surface area contributed by atoms with E-state index in [1.165, 1.54) is 5.01 Å². The first-order valence-electron chi connectivity index (χ1n) is 14.7. The van der Waals surface area contributed by atoms with Crippen molar-refractivity contribution in [2.24, 2.45) is 0 Å². The molecule has 0 aliphatic carbocycles. The first kappa shape index (κ1) is 28.8. The zero-order valence-corrected chi connectivity index (χ0v) is 24.6. The molecular weight excluding hydrogens is 554 g/mol. The van der Waals surface area contributed by atoms with E-state index >= 15 is 0 Å². The Hall–Kier alpha value is -5.31. The predicted octanol–water partition coefficient (Wildman–Crippen LogP) is 4.63. The Bertz CT molecular complexity index is 1710. The van der Waals surface area contributed by atoms with Crippen LogP contribution in [0.2, 0.25) is 0 Å². The van der Waals surface area contributed by atoms with Crippen molar-refractivity contribution in [3.8, 4) is 5.75 Å². The van der Waals surface area contributed by atoms with Crippen molar-refractivity contribution in [2.75, 3.05) is 13.1 Å². The maximum atomic E-state index is 14.2. The van der Waals surface area contributed by atoms with Crippen LogP contribution in [-0.2, 0) is 29.1 Å². The van der Waals surface area contributed by atoms with Gasteiger partial charge in [0.15, 0.2) is 0 Å². The average molecular weight is 590 g/mol. The second kappa shape index (κ2) is 12.1.